The molecule has 0 saturated carbocycles. The molecule has 0 saturated heterocycles. The number of nitrogens with one attached hydrogen (secondary N) is 1. The van der Waals surface area contributed by atoms with Crippen LogP contribution in [0.3, 0.4) is 0 Å². The van der Waals surface area contributed by atoms with Crippen molar-refractivity contribution in [3.63, 3.8) is 0 Å². The zero-order valence-electron chi connectivity index (χ0n) is 15.0. The summed E-state index contributed by atoms with van der Waals surface area (Å²) in [5.41, 5.74) is 1.46. The molecule has 0 bridgehead atoms. The fraction of sp³-hybridized carbons (Fsp3) is 0.444. The molecule has 2 heterocycles. The maximum absolute atomic E-state index is 12.8. The van der Waals surface area contributed by atoms with E-state index in [2.05, 4.69) is 9.82 Å². The van der Waals surface area contributed by atoms with E-state index in [4.69, 9.17) is 9.47 Å². The molecule has 1 aromatic carbocycles. The van der Waals surface area contributed by atoms with Crippen LogP contribution < -0.4 is 19.8 Å². The fourth-order valence-corrected chi connectivity index (χ4v) is 4.67. The molecule has 2 aliphatic rings. The minimum Gasteiger partial charge on any atom is -0.490 e. The van der Waals surface area contributed by atoms with Crippen LogP contribution in [-0.2, 0) is 29.9 Å². The highest BCUT2D eigenvalue weighted by atomic mass is 32.2. The predicted molar refractivity (Wildman–Crippen MR) is 97.7 cm³/mol. The van der Waals surface area contributed by atoms with Gasteiger partial charge in [-0.3, -0.25) is 4.79 Å². The van der Waals surface area contributed by atoms with Gasteiger partial charge in [0.2, 0.25) is 10.0 Å². The minimum atomic E-state index is -3.72. The molecule has 2 aromatic rings. The summed E-state index contributed by atoms with van der Waals surface area (Å²) in [6.07, 6.45) is 2.45. The van der Waals surface area contributed by atoms with Gasteiger partial charge in [-0.25, -0.2) is 17.8 Å². The van der Waals surface area contributed by atoms with Crippen molar-refractivity contribution in [1.29, 1.82) is 0 Å². The summed E-state index contributed by atoms with van der Waals surface area (Å²) in [5.74, 6) is 0.997. The van der Waals surface area contributed by atoms with E-state index < -0.39 is 10.0 Å². The van der Waals surface area contributed by atoms with Crippen molar-refractivity contribution >= 4 is 10.0 Å². The van der Waals surface area contributed by atoms with Crippen LogP contribution in [0.15, 0.2) is 34.0 Å². The van der Waals surface area contributed by atoms with Gasteiger partial charge >= 0.3 is 0 Å². The molecule has 1 aliphatic heterocycles. The molecule has 0 spiro atoms. The Kier molecular flexibility index (Phi) is 4.65. The zero-order chi connectivity index (χ0) is 19.0. The Morgan fingerprint density at radius 2 is 1.96 bits per heavy atom. The number of ether oxygens (including phenoxy) is 2. The van der Waals surface area contributed by atoms with Crippen molar-refractivity contribution in [3.05, 3.63) is 45.9 Å². The monoisotopic (exact) mass is 391 g/mol. The Labute approximate surface area is 157 Å². The molecule has 9 heteroatoms. The number of aromatic nitrogens is 2. The summed E-state index contributed by atoms with van der Waals surface area (Å²) in [4.78, 5) is 11.9. The van der Waals surface area contributed by atoms with Crippen molar-refractivity contribution in [2.24, 2.45) is 7.05 Å². The summed E-state index contributed by atoms with van der Waals surface area (Å²) in [6, 6.07) is 5.89. The SMILES string of the molecule is Cn1nc2c(cc1=O)CC(NS(=O)(=O)c1ccc3c(c1)OCCCO3)CC2. The maximum Gasteiger partial charge on any atom is 0.266 e. The summed E-state index contributed by atoms with van der Waals surface area (Å²) in [6.45, 7) is 1.04. The highest BCUT2D eigenvalue weighted by molar-refractivity contribution is 7.89. The Hall–Kier alpha value is -2.39. The molecule has 1 aliphatic carbocycles. The van der Waals surface area contributed by atoms with Crippen LogP contribution in [-0.4, -0.2) is 37.5 Å². The standard InChI is InChI=1S/C18H21N3O5S/c1-21-18(22)10-12-9-13(3-5-15(12)19-21)20-27(23,24)14-4-6-16-17(11-14)26-8-2-7-25-16/h4,6,10-11,13,20H,2-3,5,7-9H2,1H3. The largest absolute Gasteiger partial charge is 0.490 e. The highest BCUT2D eigenvalue weighted by Gasteiger charge is 2.26. The third-order valence-corrected chi connectivity index (χ3v) is 6.32. The molecular formula is C18H21N3O5S. The molecule has 0 radical (unpaired) electrons. The van der Waals surface area contributed by atoms with Crippen molar-refractivity contribution in [1.82, 2.24) is 14.5 Å². The predicted octanol–water partition coefficient (Wildman–Crippen LogP) is 0.777. The molecule has 4 rings (SSSR count). The average molecular weight is 391 g/mol. The van der Waals surface area contributed by atoms with Crippen LogP contribution in [0, 0.1) is 0 Å². The van der Waals surface area contributed by atoms with Crippen LogP contribution >= 0.6 is 0 Å². The van der Waals surface area contributed by atoms with E-state index in [-0.39, 0.29) is 16.5 Å². The van der Waals surface area contributed by atoms with E-state index >= 15 is 0 Å². The van der Waals surface area contributed by atoms with Gasteiger partial charge in [-0.2, -0.15) is 5.10 Å². The highest BCUT2D eigenvalue weighted by Crippen LogP contribution is 2.32. The molecule has 1 N–H and O–H groups in total. The first-order valence-electron chi connectivity index (χ1n) is 8.90. The summed E-state index contributed by atoms with van der Waals surface area (Å²) >= 11 is 0. The number of fused-ring (bicyclic) bond motifs is 2. The Morgan fingerprint density at radius 1 is 1.19 bits per heavy atom. The number of sulfonamides is 1. The lowest BCUT2D eigenvalue weighted by Gasteiger charge is -2.24. The third kappa shape index (κ3) is 3.70. The van der Waals surface area contributed by atoms with Crippen molar-refractivity contribution in [2.45, 2.75) is 36.6 Å². The molecule has 0 amide bonds. The van der Waals surface area contributed by atoms with E-state index in [1.165, 1.54) is 22.9 Å². The van der Waals surface area contributed by atoms with Gasteiger partial charge in [0.05, 0.1) is 23.8 Å². The first-order chi connectivity index (χ1) is 12.9. The lowest BCUT2D eigenvalue weighted by Crippen LogP contribution is -2.40. The van der Waals surface area contributed by atoms with Gasteiger partial charge < -0.3 is 9.47 Å². The fourth-order valence-electron chi connectivity index (χ4n) is 3.38. The van der Waals surface area contributed by atoms with Gasteiger partial charge in [0, 0.05) is 31.6 Å². The topological polar surface area (TPSA) is 99.5 Å². The lowest BCUT2D eigenvalue weighted by molar-refractivity contribution is 0.297. The normalized spacial score (nSPS) is 19.2. The second kappa shape index (κ2) is 6.97. The van der Waals surface area contributed by atoms with Gasteiger partial charge in [-0.15, -0.1) is 0 Å². The van der Waals surface area contributed by atoms with Crippen molar-refractivity contribution < 1.29 is 17.9 Å². The summed E-state index contributed by atoms with van der Waals surface area (Å²) in [7, 11) is -2.10. The van der Waals surface area contributed by atoms with Crippen molar-refractivity contribution in [2.75, 3.05) is 13.2 Å². The van der Waals surface area contributed by atoms with E-state index in [9.17, 15) is 13.2 Å². The lowest BCUT2D eigenvalue weighted by atomic mass is 9.93. The number of nitrogens with zero attached hydrogens (tertiary/aromatic N) is 2. The van der Waals surface area contributed by atoms with Crippen LogP contribution in [0.5, 0.6) is 11.5 Å². The molecule has 1 atom stereocenters. The van der Waals surface area contributed by atoms with Crippen LogP contribution in [0.2, 0.25) is 0 Å². The van der Waals surface area contributed by atoms with Crippen LogP contribution in [0.4, 0.5) is 0 Å². The van der Waals surface area contributed by atoms with Crippen LogP contribution in [0.1, 0.15) is 24.1 Å². The first-order valence-corrected chi connectivity index (χ1v) is 10.4. The molecular weight excluding hydrogens is 370 g/mol. The van der Waals surface area contributed by atoms with Gasteiger partial charge in [-0.05, 0) is 37.0 Å². The number of benzene rings is 1. The minimum absolute atomic E-state index is 0.139. The van der Waals surface area contributed by atoms with E-state index in [0.29, 0.717) is 44.0 Å². The van der Waals surface area contributed by atoms with Crippen LogP contribution in [0.25, 0.3) is 0 Å². The zero-order valence-corrected chi connectivity index (χ0v) is 15.8. The number of aryl methyl sites for hydroxylation is 2. The second-order valence-corrected chi connectivity index (χ2v) is 8.51. The summed E-state index contributed by atoms with van der Waals surface area (Å²) in [5, 5.41) is 4.26. The number of rotatable bonds is 3. The average Bonchev–Trinajstić information content (AvgIpc) is 2.87. The quantitative estimate of drug-likeness (QED) is 0.830. The maximum atomic E-state index is 12.8. The van der Waals surface area contributed by atoms with Gasteiger partial charge in [0.1, 0.15) is 0 Å². The third-order valence-electron chi connectivity index (χ3n) is 4.81. The second-order valence-electron chi connectivity index (χ2n) is 6.80. The van der Waals surface area contributed by atoms with E-state index in [0.717, 1.165) is 17.7 Å². The van der Waals surface area contributed by atoms with Gasteiger partial charge in [0.15, 0.2) is 11.5 Å². The Morgan fingerprint density at radius 3 is 2.78 bits per heavy atom. The molecule has 0 fully saturated rings. The molecule has 1 aromatic heterocycles. The first kappa shape index (κ1) is 18.0. The Bertz CT molecular complexity index is 1030. The van der Waals surface area contributed by atoms with Crippen molar-refractivity contribution in [3.8, 4) is 11.5 Å². The molecule has 8 nitrogen and oxygen atoms in total. The Balaban J connectivity index is 1.54. The van der Waals surface area contributed by atoms with Gasteiger partial charge in [-0.1, -0.05) is 0 Å². The molecule has 144 valence electrons. The smallest absolute Gasteiger partial charge is 0.266 e. The van der Waals surface area contributed by atoms with Gasteiger partial charge in [0.25, 0.3) is 5.56 Å². The number of hydrogen-bond donors (Lipinski definition) is 1. The molecule has 27 heavy (non-hydrogen) atoms. The summed E-state index contributed by atoms with van der Waals surface area (Å²) < 4.78 is 40.8. The van der Waals surface area contributed by atoms with E-state index in [1.54, 1.807) is 13.1 Å². The van der Waals surface area contributed by atoms with E-state index in [1.807, 2.05) is 0 Å². The number of hydrogen-bond acceptors (Lipinski definition) is 6. The molecule has 1 unspecified atom stereocenters.